The first-order valence-corrected chi connectivity index (χ1v) is 4.58. The van der Waals surface area contributed by atoms with Crippen molar-refractivity contribution in [3.8, 4) is 0 Å². The second kappa shape index (κ2) is 2.25. The molecule has 1 aliphatic rings. The van der Waals surface area contributed by atoms with E-state index in [0.29, 0.717) is 5.92 Å². The Balaban J connectivity index is 0.000000562. The van der Waals surface area contributed by atoms with Crippen molar-refractivity contribution in [2.75, 3.05) is 5.73 Å². The third-order valence-corrected chi connectivity index (χ3v) is 2.69. The molecule has 2 aromatic rings. The Morgan fingerprint density at radius 3 is 3.08 bits per heavy atom. The largest absolute Gasteiger partial charge is 0.398 e. The van der Waals surface area contributed by atoms with Crippen LogP contribution in [0.25, 0.3) is 10.9 Å². The molecule has 13 heavy (non-hydrogen) atoms. The van der Waals surface area contributed by atoms with Crippen molar-refractivity contribution in [1.82, 2.24) is 10.2 Å². The molecule has 0 saturated heterocycles. The highest BCUT2D eigenvalue weighted by molar-refractivity contribution is 5.87. The molecule has 1 heterocycles. The van der Waals surface area contributed by atoms with E-state index in [1.54, 1.807) is 0 Å². The zero-order valence-electron chi connectivity index (χ0n) is 7.25. The van der Waals surface area contributed by atoms with Gasteiger partial charge in [0.2, 0.25) is 0 Å². The summed E-state index contributed by atoms with van der Waals surface area (Å²) in [4.78, 5) is 0. The smallest absolute Gasteiger partial charge is 0.0654 e. The SMILES string of the molecule is Nc1ccc2[nH]ncc2c1C1CC1.[HH].[HH]. The molecule has 0 unspecified atom stereocenters. The molecule has 1 aromatic heterocycles. The summed E-state index contributed by atoms with van der Waals surface area (Å²) in [7, 11) is 0. The first-order valence-electron chi connectivity index (χ1n) is 4.58. The number of rotatable bonds is 1. The first-order chi connectivity index (χ1) is 6.36. The van der Waals surface area contributed by atoms with Crippen molar-refractivity contribution >= 4 is 16.6 Å². The van der Waals surface area contributed by atoms with Crippen LogP contribution < -0.4 is 5.73 Å². The standard InChI is InChI=1S/C10H11N3.2H2/c11-8-3-4-9-7(5-12-13-9)10(8)6-1-2-6;;/h3-6H,1-2,11H2,(H,12,13);2*1H. The lowest BCUT2D eigenvalue weighted by molar-refractivity contribution is 1.12. The Bertz CT molecular complexity index is 463. The van der Waals surface area contributed by atoms with E-state index in [9.17, 15) is 0 Å². The summed E-state index contributed by atoms with van der Waals surface area (Å²) < 4.78 is 0. The number of hydrogen-bond acceptors (Lipinski definition) is 2. The molecular weight excluding hydrogens is 162 g/mol. The van der Waals surface area contributed by atoms with Crippen LogP contribution in [-0.2, 0) is 0 Å². The van der Waals surface area contributed by atoms with E-state index in [-0.39, 0.29) is 2.85 Å². The van der Waals surface area contributed by atoms with E-state index in [2.05, 4.69) is 10.2 Å². The second-order valence-electron chi connectivity index (χ2n) is 3.67. The minimum Gasteiger partial charge on any atom is -0.398 e. The van der Waals surface area contributed by atoms with E-state index in [0.717, 1.165) is 11.2 Å². The van der Waals surface area contributed by atoms with Gasteiger partial charge in [-0.2, -0.15) is 5.10 Å². The van der Waals surface area contributed by atoms with Gasteiger partial charge in [-0.15, -0.1) is 0 Å². The number of fused-ring (bicyclic) bond motifs is 1. The van der Waals surface area contributed by atoms with Crippen LogP contribution in [0.5, 0.6) is 0 Å². The molecule has 3 N–H and O–H groups in total. The van der Waals surface area contributed by atoms with Gasteiger partial charge in [0.25, 0.3) is 0 Å². The van der Waals surface area contributed by atoms with Crippen molar-refractivity contribution in [2.45, 2.75) is 18.8 Å². The van der Waals surface area contributed by atoms with Gasteiger partial charge in [-0.1, -0.05) is 0 Å². The number of H-pyrrole nitrogens is 1. The molecule has 1 fully saturated rings. The number of aromatic amines is 1. The predicted molar refractivity (Wildman–Crippen MR) is 56.7 cm³/mol. The average molecular weight is 177 g/mol. The van der Waals surface area contributed by atoms with Crippen LogP contribution in [0.1, 0.15) is 27.2 Å². The van der Waals surface area contributed by atoms with Crippen molar-refractivity contribution in [1.29, 1.82) is 0 Å². The molecular formula is C10H15N3. The van der Waals surface area contributed by atoms with Crippen LogP contribution in [0.2, 0.25) is 0 Å². The van der Waals surface area contributed by atoms with Gasteiger partial charge in [-0.05, 0) is 36.5 Å². The summed E-state index contributed by atoms with van der Waals surface area (Å²) in [5.74, 6) is 0.682. The summed E-state index contributed by atoms with van der Waals surface area (Å²) in [5.41, 5.74) is 9.25. The van der Waals surface area contributed by atoms with E-state index in [1.165, 1.54) is 23.8 Å². The molecule has 0 amide bonds. The summed E-state index contributed by atoms with van der Waals surface area (Å²) in [5, 5.41) is 8.19. The van der Waals surface area contributed by atoms with Crippen LogP contribution in [0.4, 0.5) is 5.69 Å². The van der Waals surface area contributed by atoms with Crippen LogP contribution in [0.3, 0.4) is 0 Å². The summed E-state index contributed by atoms with van der Waals surface area (Å²) in [6.45, 7) is 0. The molecule has 0 radical (unpaired) electrons. The molecule has 1 aliphatic carbocycles. The highest BCUT2D eigenvalue weighted by Crippen LogP contribution is 2.45. The molecule has 70 valence electrons. The zero-order chi connectivity index (χ0) is 8.84. The maximum atomic E-state index is 5.95. The molecule has 3 rings (SSSR count). The van der Waals surface area contributed by atoms with Gasteiger partial charge in [0.05, 0.1) is 11.7 Å². The summed E-state index contributed by atoms with van der Waals surface area (Å²) >= 11 is 0. The van der Waals surface area contributed by atoms with Crippen LogP contribution >= 0.6 is 0 Å². The maximum absolute atomic E-state index is 5.95. The van der Waals surface area contributed by atoms with Crippen LogP contribution in [-0.4, -0.2) is 10.2 Å². The van der Waals surface area contributed by atoms with E-state index in [1.807, 2.05) is 18.3 Å². The quantitative estimate of drug-likeness (QED) is 0.657. The Morgan fingerprint density at radius 2 is 2.31 bits per heavy atom. The summed E-state index contributed by atoms with van der Waals surface area (Å²) in [6.07, 6.45) is 4.42. The Hall–Kier alpha value is -1.51. The average Bonchev–Trinajstić information content (AvgIpc) is 2.82. The molecule has 0 spiro atoms. The van der Waals surface area contributed by atoms with E-state index in [4.69, 9.17) is 5.73 Å². The number of benzene rings is 1. The minimum absolute atomic E-state index is 0. The van der Waals surface area contributed by atoms with Crippen molar-refractivity contribution in [3.05, 3.63) is 23.9 Å². The van der Waals surface area contributed by atoms with Crippen molar-refractivity contribution in [2.24, 2.45) is 0 Å². The number of nitrogen functional groups attached to an aromatic ring is 1. The Labute approximate surface area is 78.9 Å². The molecule has 0 aliphatic heterocycles. The van der Waals surface area contributed by atoms with Gasteiger partial charge in [0, 0.05) is 13.9 Å². The second-order valence-corrected chi connectivity index (χ2v) is 3.67. The number of aromatic nitrogens is 2. The Morgan fingerprint density at radius 1 is 1.46 bits per heavy atom. The molecule has 1 saturated carbocycles. The highest BCUT2D eigenvalue weighted by atomic mass is 15.1. The fraction of sp³-hybridized carbons (Fsp3) is 0.300. The normalized spacial score (nSPS) is 16.6. The topological polar surface area (TPSA) is 54.7 Å². The predicted octanol–water partition coefficient (Wildman–Crippen LogP) is 2.51. The van der Waals surface area contributed by atoms with Gasteiger partial charge in [0.1, 0.15) is 0 Å². The van der Waals surface area contributed by atoms with Gasteiger partial charge < -0.3 is 5.73 Å². The number of nitrogens with zero attached hydrogens (tertiary/aromatic N) is 1. The molecule has 0 bridgehead atoms. The van der Waals surface area contributed by atoms with Gasteiger partial charge in [-0.3, -0.25) is 5.10 Å². The lowest BCUT2D eigenvalue weighted by Crippen LogP contribution is -1.92. The van der Waals surface area contributed by atoms with Gasteiger partial charge in [-0.25, -0.2) is 0 Å². The minimum atomic E-state index is 0. The first kappa shape index (κ1) is 6.95. The van der Waals surface area contributed by atoms with E-state index >= 15 is 0 Å². The van der Waals surface area contributed by atoms with Gasteiger partial charge >= 0.3 is 0 Å². The number of nitrogens with one attached hydrogen (secondary N) is 1. The lowest BCUT2D eigenvalue weighted by Gasteiger charge is -2.04. The molecule has 1 aromatic carbocycles. The molecule has 3 heteroatoms. The van der Waals surface area contributed by atoms with Crippen molar-refractivity contribution < 1.29 is 2.85 Å². The van der Waals surface area contributed by atoms with Crippen LogP contribution in [0.15, 0.2) is 18.3 Å². The van der Waals surface area contributed by atoms with Crippen LogP contribution in [0, 0.1) is 0 Å². The maximum Gasteiger partial charge on any atom is 0.0654 e. The molecule has 3 nitrogen and oxygen atoms in total. The molecule has 0 atom stereocenters. The Kier molecular flexibility index (Phi) is 1.20. The lowest BCUT2D eigenvalue weighted by atomic mass is 10.0. The fourth-order valence-electron chi connectivity index (χ4n) is 1.88. The van der Waals surface area contributed by atoms with Gasteiger partial charge in [0.15, 0.2) is 0 Å². The zero-order valence-corrected chi connectivity index (χ0v) is 7.25. The van der Waals surface area contributed by atoms with E-state index < -0.39 is 0 Å². The monoisotopic (exact) mass is 177 g/mol. The number of nitrogens with two attached hydrogens (primary N) is 1. The highest BCUT2D eigenvalue weighted by Gasteiger charge is 2.27. The fourth-order valence-corrected chi connectivity index (χ4v) is 1.88. The van der Waals surface area contributed by atoms with Crippen molar-refractivity contribution in [3.63, 3.8) is 0 Å². The third-order valence-electron chi connectivity index (χ3n) is 2.69. The summed E-state index contributed by atoms with van der Waals surface area (Å²) in [6, 6.07) is 3.96. The third kappa shape index (κ3) is 0.932. The number of hydrogen-bond donors (Lipinski definition) is 2. The number of anilines is 1.